The summed E-state index contributed by atoms with van der Waals surface area (Å²) in [4.78, 5) is 19.1. The van der Waals surface area contributed by atoms with Gasteiger partial charge in [0.2, 0.25) is 0 Å². The Bertz CT molecular complexity index is 659. The monoisotopic (exact) mass is 318 g/mol. The van der Waals surface area contributed by atoms with Gasteiger partial charge < -0.3 is 9.64 Å². The Kier molecular flexibility index (Phi) is 5.19. The van der Waals surface area contributed by atoms with Crippen molar-refractivity contribution in [3.05, 3.63) is 44.9 Å². The van der Waals surface area contributed by atoms with Crippen molar-refractivity contribution in [1.29, 1.82) is 0 Å². The van der Waals surface area contributed by atoms with Crippen LogP contribution in [0.3, 0.4) is 0 Å². The van der Waals surface area contributed by atoms with Crippen LogP contribution in [0.2, 0.25) is 0 Å². The quantitative estimate of drug-likeness (QED) is 0.847. The van der Waals surface area contributed by atoms with E-state index in [9.17, 15) is 4.79 Å². The second kappa shape index (κ2) is 6.92. The number of ether oxygens (including phenoxy) is 1. The van der Waals surface area contributed by atoms with Crippen LogP contribution in [0.15, 0.2) is 18.2 Å². The third kappa shape index (κ3) is 4.07. The van der Waals surface area contributed by atoms with Gasteiger partial charge in [0.1, 0.15) is 17.2 Å². The van der Waals surface area contributed by atoms with E-state index in [1.54, 1.807) is 11.9 Å². The Morgan fingerprint density at radius 3 is 2.36 bits per heavy atom. The van der Waals surface area contributed by atoms with Crippen LogP contribution in [-0.4, -0.2) is 36.0 Å². The zero-order valence-corrected chi connectivity index (χ0v) is 14.6. The summed E-state index contributed by atoms with van der Waals surface area (Å²) >= 11 is 1.44. The topological polar surface area (TPSA) is 42.4 Å². The summed E-state index contributed by atoms with van der Waals surface area (Å²) in [5, 5.41) is 0.917. The molecule has 0 atom stereocenters. The number of amides is 1. The third-order valence-electron chi connectivity index (χ3n) is 3.34. The first-order valence-electron chi connectivity index (χ1n) is 7.27. The molecule has 0 spiro atoms. The van der Waals surface area contributed by atoms with Gasteiger partial charge in [-0.05, 0) is 51.0 Å². The van der Waals surface area contributed by atoms with Crippen molar-refractivity contribution in [1.82, 2.24) is 9.88 Å². The molecule has 0 aliphatic heterocycles. The molecule has 2 aromatic rings. The first kappa shape index (κ1) is 16.5. The summed E-state index contributed by atoms with van der Waals surface area (Å²) in [6, 6.07) is 6.12. The predicted molar refractivity (Wildman–Crippen MR) is 90.0 cm³/mol. The normalized spacial score (nSPS) is 10.6. The molecule has 0 aliphatic carbocycles. The number of hydrogen-bond donors (Lipinski definition) is 0. The lowest BCUT2D eigenvalue weighted by Crippen LogP contribution is -2.30. The predicted octanol–water partition coefficient (Wildman–Crippen LogP) is 3.53. The van der Waals surface area contributed by atoms with Crippen LogP contribution >= 0.6 is 11.3 Å². The van der Waals surface area contributed by atoms with Crippen LogP contribution < -0.4 is 4.74 Å². The van der Waals surface area contributed by atoms with E-state index in [-0.39, 0.29) is 5.91 Å². The van der Waals surface area contributed by atoms with Gasteiger partial charge in [0, 0.05) is 7.05 Å². The van der Waals surface area contributed by atoms with Crippen molar-refractivity contribution >= 4 is 17.2 Å². The Hall–Kier alpha value is -1.88. The molecule has 1 aromatic heterocycles. The number of benzene rings is 1. The Labute approximate surface area is 135 Å². The molecule has 0 N–H and O–H groups in total. The first-order valence-corrected chi connectivity index (χ1v) is 8.09. The zero-order valence-electron chi connectivity index (χ0n) is 13.8. The minimum atomic E-state index is 0.00660. The molecule has 1 amide bonds. The molecule has 1 heterocycles. The molecule has 0 saturated heterocycles. The second-order valence-electron chi connectivity index (χ2n) is 5.55. The van der Waals surface area contributed by atoms with Gasteiger partial charge in [0.25, 0.3) is 5.91 Å². The summed E-state index contributed by atoms with van der Waals surface area (Å²) in [6.45, 7) is 8.90. The van der Waals surface area contributed by atoms with E-state index in [1.807, 2.05) is 39.8 Å². The number of aromatic nitrogens is 1. The number of likely N-dealkylation sites (N-methyl/N-ethyl adjacent to an activating group) is 1. The summed E-state index contributed by atoms with van der Waals surface area (Å²) in [5.41, 5.74) is 3.15. The molecule has 0 saturated carbocycles. The molecule has 118 valence electrons. The highest BCUT2D eigenvalue weighted by Gasteiger charge is 2.17. The standard InChI is InChI=1S/C17H22N2O2S/c1-11-8-12(2)10-15(9-11)21-7-6-19(5)17(20)16-13(3)18-14(4)22-16/h8-10H,6-7H2,1-5H3. The lowest BCUT2D eigenvalue weighted by molar-refractivity contribution is 0.0777. The molecule has 0 bridgehead atoms. The van der Waals surface area contributed by atoms with Crippen molar-refractivity contribution in [2.45, 2.75) is 27.7 Å². The van der Waals surface area contributed by atoms with Crippen molar-refractivity contribution in [2.75, 3.05) is 20.2 Å². The van der Waals surface area contributed by atoms with Gasteiger partial charge >= 0.3 is 0 Å². The fourth-order valence-corrected chi connectivity index (χ4v) is 3.24. The number of carbonyl (C=O) groups is 1. The Morgan fingerprint density at radius 1 is 1.18 bits per heavy atom. The molecule has 0 aliphatic rings. The second-order valence-corrected chi connectivity index (χ2v) is 6.75. The van der Waals surface area contributed by atoms with E-state index >= 15 is 0 Å². The van der Waals surface area contributed by atoms with Crippen molar-refractivity contribution in [3.8, 4) is 5.75 Å². The summed E-state index contributed by atoms with van der Waals surface area (Å²) in [6.07, 6.45) is 0. The Morgan fingerprint density at radius 2 is 1.82 bits per heavy atom. The molecule has 1 aromatic carbocycles. The highest BCUT2D eigenvalue weighted by molar-refractivity contribution is 7.13. The smallest absolute Gasteiger partial charge is 0.265 e. The molecule has 4 nitrogen and oxygen atoms in total. The van der Waals surface area contributed by atoms with Crippen molar-refractivity contribution < 1.29 is 9.53 Å². The van der Waals surface area contributed by atoms with Gasteiger partial charge in [-0.2, -0.15) is 0 Å². The number of nitrogens with zero attached hydrogens (tertiary/aromatic N) is 2. The average Bonchev–Trinajstić information content (AvgIpc) is 2.75. The minimum absolute atomic E-state index is 0.00660. The van der Waals surface area contributed by atoms with E-state index in [0.29, 0.717) is 18.0 Å². The van der Waals surface area contributed by atoms with Gasteiger partial charge in [0.05, 0.1) is 17.2 Å². The van der Waals surface area contributed by atoms with E-state index in [4.69, 9.17) is 4.74 Å². The van der Waals surface area contributed by atoms with E-state index in [2.05, 4.69) is 11.1 Å². The van der Waals surface area contributed by atoms with E-state index < -0.39 is 0 Å². The summed E-state index contributed by atoms with van der Waals surface area (Å²) in [7, 11) is 1.79. The molecule has 5 heteroatoms. The number of hydrogen-bond acceptors (Lipinski definition) is 4. The highest BCUT2D eigenvalue weighted by Crippen LogP contribution is 2.19. The number of aryl methyl sites for hydroxylation is 4. The SMILES string of the molecule is Cc1cc(C)cc(OCCN(C)C(=O)c2sc(C)nc2C)c1. The maximum absolute atomic E-state index is 12.4. The van der Waals surface area contributed by atoms with Gasteiger partial charge in [0.15, 0.2) is 0 Å². The highest BCUT2D eigenvalue weighted by atomic mass is 32.1. The molecule has 22 heavy (non-hydrogen) atoms. The number of carbonyl (C=O) groups excluding carboxylic acids is 1. The van der Waals surface area contributed by atoms with Gasteiger partial charge in [-0.15, -0.1) is 11.3 Å². The van der Waals surface area contributed by atoms with Crippen molar-refractivity contribution in [2.24, 2.45) is 0 Å². The van der Waals surface area contributed by atoms with Crippen LogP contribution in [0.25, 0.3) is 0 Å². The average molecular weight is 318 g/mol. The molecule has 0 radical (unpaired) electrons. The van der Waals surface area contributed by atoms with Gasteiger partial charge in [-0.1, -0.05) is 6.07 Å². The molecular formula is C17H22N2O2S. The number of thiazole rings is 1. The third-order valence-corrected chi connectivity index (χ3v) is 4.40. The van der Waals surface area contributed by atoms with E-state index in [1.165, 1.54) is 22.5 Å². The lowest BCUT2D eigenvalue weighted by atomic mass is 10.1. The van der Waals surface area contributed by atoms with Crippen LogP contribution in [-0.2, 0) is 0 Å². The fourth-order valence-electron chi connectivity index (χ4n) is 2.32. The maximum Gasteiger partial charge on any atom is 0.265 e. The van der Waals surface area contributed by atoms with Crippen LogP contribution in [0.5, 0.6) is 5.75 Å². The zero-order chi connectivity index (χ0) is 16.3. The van der Waals surface area contributed by atoms with Gasteiger partial charge in [-0.3, -0.25) is 4.79 Å². The number of rotatable bonds is 5. The fraction of sp³-hybridized carbons (Fsp3) is 0.412. The van der Waals surface area contributed by atoms with Crippen LogP contribution in [0.1, 0.15) is 31.5 Å². The lowest BCUT2D eigenvalue weighted by Gasteiger charge is -2.17. The first-order chi connectivity index (χ1) is 10.4. The Balaban J connectivity index is 1.91. The summed E-state index contributed by atoms with van der Waals surface area (Å²) in [5.74, 6) is 0.857. The molecule has 0 fully saturated rings. The summed E-state index contributed by atoms with van der Waals surface area (Å²) < 4.78 is 5.75. The van der Waals surface area contributed by atoms with Crippen LogP contribution in [0, 0.1) is 27.7 Å². The van der Waals surface area contributed by atoms with Crippen molar-refractivity contribution in [3.63, 3.8) is 0 Å². The molecule has 2 rings (SSSR count). The van der Waals surface area contributed by atoms with Gasteiger partial charge in [-0.25, -0.2) is 4.98 Å². The van der Waals surface area contributed by atoms with Crippen LogP contribution in [0.4, 0.5) is 0 Å². The molecular weight excluding hydrogens is 296 g/mol. The minimum Gasteiger partial charge on any atom is -0.492 e. The molecule has 0 unspecified atom stereocenters. The van der Waals surface area contributed by atoms with E-state index in [0.717, 1.165) is 16.5 Å². The maximum atomic E-state index is 12.4. The largest absolute Gasteiger partial charge is 0.492 e.